The number of aryl methyl sites for hydroxylation is 1. The molecule has 3 rings (SSSR count). The first kappa shape index (κ1) is 20.1. The van der Waals surface area contributed by atoms with E-state index < -0.39 is 6.04 Å². The second kappa shape index (κ2) is 9.02. The molecule has 28 heavy (non-hydrogen) atoms. The summed E-state index contributed by atoms with van der Waals surface area (Å²) in [4.78, 5) is 29.6. The van der Waals surface area contributed by atoms with Crippen LogP contribution in [-0.4, -0.2) is 48.8 Å². The number of likely N-dealkylation sites (tertiary alicyclic amines) is 1. The van der Waals surface area contributed by atoms with Crippen molar-refractivity contribution >= 4 is 17.5 Å². The summed E-state index contributed by atoms with van der Waals surface area (Å²) in [6.45, 7) is 3.42. The Hall–Kier alpha value is -2.66. The smallest absolute Gasteiger partial charge is 0.246 e. The summed E-state index contributed by atoms with van der Waals surface area (Å²) in [6.07, 6.45) is 1.78. The number of carbonyl (C=O) groups is 2. The lowest BCUT2D eigenvalue weighted by Crippen LogP contribution is -2.47. The Kier molecular flexibility index (Phi) is 6.47. The third kappa shape index (κ3) is 4.78. The van der Waals surface area contributed by atoms with Crippen molar-refractivity contribution in [2.24, 2.45) is 5.92 Å². The lowest BCUT2D eigenvalue weighted by Gasteiger charge is -2.38. The number of piperidine rings is 1. The molecule has 0 radical (unpaired) electrons. The fourth-order valence-corrected chi connectivity index (χ4v) is 3.82. The van der Waals surface area contributed by atoms with Crippen molar-refractivity contribution in [2.45, 2.75) is 25.8 Å². The van der Waals surface area contributed by atoms with Gasteiger partial charge in [0.1, 0.15) is 6.04 Å². The molecule has 1 aliphatic rings. The van der Waals surface area contributed by atoms with E-state index in [9.17, 15) is 9.59 Å². The highest BCUT2D eigenvalue weighted by molar-refractivity contribution is 5.95. The molecule has 0 aliphatic carbocycles. The third-order valence-electron chi connectivity index (χ3n) is 5.29. The molecule has 2 aromatic rings. The highest BCUT2D eigenvalue weighted by atomic mass is 16.2. The molecule has 0 aromatic heterocycles. The molecule has 1 N–H and O–H groups in total. The molecule has 2 amide bonds. The number of anilines is 1. The summed E-state index contributed by atoms with van der Waals surface area (Å²) in [5.74, 6) is 0.00518. The molecule has 2 aromatic carbocycles. The van der Waals surface area contributed by atoms with E-state index in [4.69, 9.17) is 0 Å². The fourth-order valence-electron chi connectivity index (χ4n) is 3.82. The maximum Gasteiger partial charge on any atom is 0.246 e. The third-order valence-corrected chi connectivity index (χ3v) is 5.29. The van der Waals surface area contributed by atoms with Crippen molar-refractivity contribution in [3.63, 3.8) is 0 Å². The van der Waals surface area contributed by atoms with E-state index in [2.05, 4.69) is 10.2 Å². The molecular formula is C23H29N3O2. The van der Waals surface area contributed by atoms with Gasteiger partial charge in [0.25, 0.3) is 0 Å². The Morgan fingerprint density at radius 1 is 1.07 bits per heavy atom. The van der Waals surface area contributed by atoms with E-state index in [1.165, 1.54) is 0 Å². The van der Waals surface area contributed by atoms with Crippen molar-refractivity contribution in [2.75, 3.05) is 32.5 Å². The first-order valence-electron chi connectivity index (χ1n) is 9.83. The molecule has 1 saturated heterocycles. The van der Waals surface area contributed by atoms with Crippen LogP contribution in [0.2, 0.25) is 0 Å². The van der Waals surface area contributed by atoms with Gasteiger partial charge in [0, 0.05) is 26.3 Å². The number of carbonyl (C=O) groups excluding carboxylic acids is 2. The van der Waals surface area contributed by atoms with Gasteiger partial charge < -0.3 is 10.2 Å². The van der Waals surface area contributed by atoms with Crippen LogP contribution in [0.4, 0.5) is 5.69 Å². The van der Waals surface area contributed by atoms with Crippen LogP contribution in [0.25, 0.3) is 0 Å². The topological polar surface area (TPSA) is 52.7 Å². The molecule has 1 heterocycles. The molecule has 2 unspecified atom stereocenters. The Labute approximate surface area is 167 Å². The van der Waals surface area contributed by atoms with Gasteiger partial charge in [-0.1, -0.05) is 48.0 Å². The highest BCUT2D eigenvalue weighted by Gasteiger charge is 2.34. The van der Waals surface area contributed by atoms with Crippen molar-refractivity contribution in [1.29, 1.82) is 0 Å². The van der Waals surface area contributed by atoms with E-state index in [0.717, 1.165) is 36.2 Å². The first-order chi connectivity index (χ1) is 13.5. The van der Waals surface area contributed by atoms with Crippen molar-refractivity contribution in [3.8, 4) is 0 Å². The zero-order valence-electron chi connectivity index (χ0n) is 16.9. The van der Waals surface area contributed by atoms with E-state index in [-0.39, 0.29) is 17.7 Å². The minimum Gasteiger partial charge on any atom is -0.349 e. The van der Waals surface area contributed by atoms with Gasteiger partial charge in [-0.15, -0.1) is 0 Å². The van der Waals surface area contributed by atoms with Crippen LogP contribution in [-0.2, 0) is 9.59 Å². The van der Waals surface area contributed by atoms with Crippen molar-refractivity contribution in [3.05, 3.63) is 65.7 Å². The lowest BCUT2D eigenvalue weighted by atomic mass is 9.93. The Morgan fingerprint density at radius 2 is 1.75 bits per heavy atom. The molecule has 148 valence electrons. The van der Waals surface area contributed by atoms with Gasteiger partial charge in [0.15, 0.2) is 0 Å². The fraction of sp³-hybridized carbons (Fsp3) is 0.391. The van der Waals surface area contributed by atoms with E-state index >= 15 is 0 Å². The van der Waals surface area contributed by atoms with Crippen LogP contribution < -0.4 is 5.32 Å². The van der Waals surface area contributed by atoms with Crippen LogP contribution in [0.1, 0.15) is 30.0 Å². The molecule has 5 heteroatoms. The number of nitrogens with one attached hydrogen (secondary N) is 1. The largest absolute Gasteiger partial charge is 0.349 e. The molecule has 1 fully saturated rings. The number of amides is 2. The predicted octanol–water partition coefficient (Wildman–Crippen LogP) is 3.48. The number of hydrogen-bond donors (Lipinski definition) is 1. The summed E-state index contributed by atoms with van der Waals surface area (Å²) < 4.78 is 0. The molecule has 0 bridgehead atoms. The van der Waals surface area contributed by atoms with Gasteiger partial charge in [-0.3, -0.25) is 14.5 Å². The van der Waals surface area contributed by atoms with Crippen LogP contribution in [0.3, 0.4) is 0 Å². The van der Waals surface area contributed by atoms with Crippen LogP contribution >= 0.6 is 0 Å². The average Bonchev–Trinajstić information content (AvgIpc) is 2.70. The maximum absolute atomic E-state index is 13.3. The van der Waals surface area contributed by atoms with Gasteiger partial charge in [-0.05, 0) is 44.0 Å². The monoisotopic (exact) mass is 379 g/mol. The zero-order chi connectivity index (χ0) is 20.1. The second-order valence-corrected chi connectivity index (χ2v) is 7.74. The number of nitrogens with zero attached hydrogens (tertiary/aromatic N) is 2. The molecule has 1 aliphatic heterocycles. The summed E-state index contributed by atoms with van der Waals surface area (Å²) in [5, 5.41) is 3.06. The lowest BCUT2D eigenvalue weighted by molar-refractivity contribution is -0.136. The molecule has 0 saturated carbocycles. The maximum atomic E-state index is 13.3. The summed E-state index contributed by atoms with van der Waals surface area (Å²) >= 11 is 0. The van der Waals surface area contributed by atoms with Crippen LogP contribution in [0.5, 0.6) is 0 Å². The van der Waals surface area contributed by atoms with Gasteiger partial charge in [-0.2, -0.15) is 0 Å². The summed E-state index contributed by atoms with van der Waals surface area (Å²) in [6, 6.07) is 17.2. The van der Waals surface area contributed by atoms with Gasteiger partial charge in [0.2, 0.25) is 11.8 Å². The SMILES string of the molecule is Cc1ccc(NC(=O)C(c2ccccc2)N2CCCC(C(=O)N(C)C)C2)cc1. The molecular weight excluding hydrogens is 350 g/mol. The van der Waals surface area contributed by atoms with E-state index in [0.29, 0.717) is 6.54 Å². The van der Waals surface area contributed by atoms with Gasteiger partial charge in [0.05, 0.1) is 5.92 Å². The number of rotatable bonds is 5. The number of benzene rings is 2. The van der Waals surface area contributed by atoms with E-state index in [1.54, 1.807) is 19.0 Å². The molecule has 2 atom stereocenters. The summed E-state index contributed by atoms with van der Waals surface area (Å²) in [5.41, 5.74) is 2.89. The summed E-state index contributed by atoms with van der Waals surface area (Å²) in [7, 11) is 3.58. The Bertz CT molecular complexity index is 802. The molecule has 0 spiro atoms. The minimum atomic E-state index is -0.416. The normalized spacial score (nSPS) is 18.3. The zero-order valence-corrected chi connectivity index (χ0v) is 16.9. The van der Waals surface area contributed by atoms with E-state index in [1.807, 2.05) is 61.5 Å². The first-order valence-corrected chi connectivity index (χ1v) is 9.83. The molecule has 5 nitrogen and oxygen atoms in total. The Morgan fingerprint density at radius 3 is 2.39 bits per heavy atom. The predicted molar refractivity (Wildman–Crippen MR) is 112 cm³/mol. The average molecular weight is 380 g/mol. The van der Waals surface area contributed by atoms with Crippen LogP contribution in [0.15, 0.2) is 54.6 Å². The quantitative estimate of drug-likeness (QED) is 0.865. The van der Waals surface area contributed by atoms with Crippen molar-refractivity contribution < 1.29 is 9.59 Å². The van der Waals surface area contributed by atoms with Crippen molar-refractivity contribution in [1.82, 2.24) is 9.80 Å². The second-order valence-electron chi connectivity index (χ2n) is 7.74. The minimum absolute atomic E-state index is 0.0620. The standard InChI is InChI=1S/C23H29N3O2/c1-17-11-13-20(14-12-17)24-22(27)21(18-8-5-4-6-9-18)26-15-7-10-19(16-26)23(28)25(2)3/h4-6,8-9,11-14,19,21H,7,10,15-16H2,1-3H3,(H,24,27). The van der Waals surface area contributed by atoms with Gasteiger partial charge >= 0.3 is 0 Å². The number of hydrogen-bond acceptors (Lipinski definition) is 3. The van der Waals surface area contributed by atoms with Crippen LogP contribution in [0, 0.1) is 12.8 Å². The highest BCUT2D eigenvalue weighted by Crippen LogP contribution is 2.29. The Balaban J connectivity index is 1.83. The van der Waals surface area contributed by atoms with Gasteiger partial charge in [-0.25, -0.2) is 0 Å².